The maximum atomic E-state index is 10.8. The molecule has 0 atom stereocenters. The summed E-state index contributed by atoms with van der Waals surface area (Å²) in [5, 5.41) is 9.84. The first-order chi connectivity index (χ1) is 9.49. The number of benzene rings is 1. The SMILES string of the molecule is CN(Cc1ccccc1Cl)c1ncc(C(=O)O)cc1Cl. The van der Waals surface area contributed by atoms with Gasteiger partial charge in [-0.3, -0.25) is 0 Å². The summed E-state index contributed by atoms with van der Waals surface area (Å²) in [4.78, 5) is 16.8. The van der Waals surface area contributed by atoms with E-state index in [9.17, 15) is 4.79 Å². The van der Waals surface area contributed by atoms with Crippen molar-refractivity contribution in [2.45, 2.75) is 6.54 Å². The molecule has 104 valence electrons. The predicted octanol–water partition coefficient (Wildman–Crippen LogP) is 3.72. The van der Waals surface area contributed by atoms with Gasteiger partial charge in [-0.25, -0.2) is 9.78 Å². The first-order valence-corrected chi connectivity index (χ1v) is 6.58. The minimum absolute atomic E-state index is 0.0601. The largest absolute Gasteiger partial charge is 0.478 e. The molecule has 6 heteroatoms. The van der Waals surface area contributed by atoms with Gasteiger partial charge in [0.2, 0.25) is 0 Å². The number of carbonyl (C=O) groups is 1. The van der Waals surface area contributed by atoms with Crippen molar-refractivity contribution in [2.75, 3.05) is 11.9 Å². The second-order valence-corrected chi connectivity index (χ2v) is 5.10. The number of aromatic nitrogens is 1. The van der Waals surface area contributed by atoms with Gasteiger partial charge in [0.25, 0.3) is 0 Å². The molecule has 4 nitrogen and oxygen atoms in total. The molecule has 1 aromatic carbocycles. The lowest BCUT2D eigenvalue weighted by Crippen LogP contribution is -2.18. The van der Waals surface area contributed by atoms with Gasteiger partial charge in [-0.15, -0.1) is 0 Å². The molecule has 0 aliphatic carbocycles. The third kappa shape index (κ3) is 3.21. The molecule has 0 amide bonds. The Kier molecular flexibility index (Phi) is 4.47. The zero-order chi connectivity index (χ0) is 14.7. The molecule has 1 N–H and O–H groups in total. The molecule has 0 aliphatic heterocycles. The fraction of sp³-hybridized carbons (Fsp3) is 0.143. The summed E-state index contributed by atoms with van der Waals surface area (Å²) >= 11 is 12.2. The van der Waals surface area contributed by atoms with Crippen LogP contribution in [0.5, 0.6) is 0 Å². The zero-order valence-electron chi connectivity index (χ0n) is 10.7. The second-order valence-electron chi connectivity index (χ2n) is 4.28. The van der Waals surface area contributed by atoms with Gasteiger partial charge < -0.3 is 10.0 Å². The Labute approximate surface area is 126 Å². The topological polar surface area (TPSA) is 53.4 Å². The van der Waals surface area contributed by atoms with E-state index in [1.807, 2.05) is 36.2 Å². The molecule has 0 unspecified atom stereocenters. The molecule has 20 heavy (non-hydrogen) atoms. The van der Waals surface area contributed by atoms with Crippen LogP contribution in [0, 0.1) is 0 Å². The highest BCUT2D eigenvalue weighted by Crippen LogP contribution is 2.26. The van der Waals surface area contributed by atoms with Crippen LogP contribution in [0.2, 0.25) is 10.0 Å². The molecule has 0 aliphatic rings. The standard InChI is InChI=1S/C14H12Cl2N2O2/c1-18(8-9-4-2-3-5-11(9)15)13-12(16)6-10(7-17-13)14(19)20/h2-7H,8H2,1H3,(H,19,20). The van der Waals surface area contributed by atoms with E-state index in [1.54, 1.807) is 0 Å². The van der Waals surface area contributed by atoms with Crippen LogP contribution in [0.15, 0.2) is 36.5 Å². The number of hydrogen-bond donors (Lipinski definition) is 1. The van der Waals surface area contributed by atoms with Crippen molar-refractivity contribution < 1.29 is 9.90 Å². The smallest absolute Gasteiger partial charge is 0.337 e. The van der Waals surface area contributed by atoms with Crippen molar-refractivity contribution in [3.8, 4) is 0 Å². The van der Waals surface area contributed by atoms with E-state index in [4.69, 9.17) is 28.3 Å². The highest BCUT2D eigenvalue weighted by molar-refractivity contribution is 6.33. The van der Waals surface area contributed by atoms with Crippen LogP contribution in [0.3, 0.4) is 0 Å². The Morgan fingerprint density at radius 2 is 2.00 bits per heavy atom. The highest BCUT2D eigenvalue weighted by atomic mass is 35.5. The molecule has 1 heterocycles. The number of aromatic carboxylic acids is 1. The Hall–Kier alpha value is -1.78. The lowest BCUT2D eigenvalue weighted by atomic mass is 10.2. The summed E-state index contributed by atoms with van der Waals surface area (Å²) < 4.78 is 0. The van der Waals surface area contributed by atoms with Crippen LogP contribution in [0.25, 0.3) is 0 Å². The van der Waals surface area contributed by atoms with Gasteiger partial charge in [-0.05, 0) is 17.7 Å². The van der Waals surface area contributed by atoms with E-state index in [1.165, 1.54) is 12.3 Å². The van der Waals surface area contributed by atoms with Crippen molar-refractivity contribution in [3.05, 3.63) is 57.7 Å². The zero-order valence-corrected chi connectivity index (χ0v) is 12.2. The fourth-order valence-electron chi connectivity index (χ4n) is 1.79. The fourth-order valence-corrected chi connectivity index (χ4v) is 2.29. The van der Waals surface area contributed by atoms with Gasteiger partial charge in [0.05, 0.1) is 10.6 Å². The molecule has 2 aromatic rings. The Bertz CT molecular complexity index is 647. The molecule has 0 bridgehead atoms. The van der Waals surface area contributed by atoms with Crippen molar-refractivity contribution in [1.82, 2.24) is 4.98 Å². The van der Waals surface area contributed by atoms with E-state index in [2.05, 4.69) is 4.98 Å². The van der Waals surface area contributed by atoms with Gasteiger partial charge in [-0.1, -0.05) is 41.4 Å². The molecular weight excluding hydrogens is 299 g/mol. The number of anilines is 1. The van der Waals surface area contributed by atoms with E-state index in [0.717, 1.165) is 5.56 Å². The van der Waals surface area contributed by atoms with Crippen LogP contribution >= 0.6 is 23.2 Å². The monoisotopic (exact) mass is 310 g/mol. The average molecular weight is 311 g/mol. The summed E-state index contributed by atoms with van der Waals surface area (Å²) in [7, 11) is 1.82. The van der Waals surface area contributed by atoms with Crippen molar-refractivity contribution in [2.24, 2.45) is 0 Å². The maximum Gasteiger partial charge on any atom is 0.337 e. The van der Waals surface area contributed by atoms with E-state index in [0.29, 0.717) is 22.4 Å². The van der Waals surface area contributed by atoms with Gasteiger partial charge >= 0.3 is 5.97 Å². The minimum Gasteiger partial charge on any atom is -0.478 e. The van der Waals surface area contributed by atoms with Crippen LogP contribution in [0.4, 0.5) is 5.82 Å². The number of halogens is 2. The van der Waals surface area contributed by atoms with Crippen molar-refractivity contribution >= 4 is 35.0 Å². The molecule has 0 spiro atoms. The third-order valence-electron chi connectivity index (χ3n) is 2.80. The third-order valence-corrected chi connectivity index (χ3v) is 3.44. The molecule has 0 saturated carbocycles. The van der Waals surface area contributed by atoms with Gasteiger partial charge in [0, 0.05) is 24.8 Å². The maximum absolute atomic E-state index is 10.8. The Morgan fingerprint density at radius 3 is 2.60 bits per heavy atom. The minimum atomic E-state index is -1.06. The summed E-state index contributed by atoms with van der Waals surface area (Å²) in [6, 6.07) is 8.87. The number of pyridine rings is 1. The second kappa shape index (κ2) is 6.11. The lowest BCUT2D eigenvalue weighted by molar-refractivity contribution is 0.0696. The number of carboxylic acid groups (broad SMARTS) is 1. The lowest BCUT2D eigenvalue weighted by Gasteiger charge is -2.20. The van der Waals surface area contributed by atoms with Crippen LogP contribution in [-0.4, -0.2) is 23.1 Å². The van der Waals surface area contributed by atoms with Gasteiger partial charge in [0.15, 0.2) is 0 Å². The average Bonchev–Trinajstić information content (AvgIpc) is 2.41. The first-order valence-electron chi connectivity index (χ1n) is 5.82. The molecular formula is C14H12Cl2N2O2. The summed E-state index contributed by atoms with van der Waals surface area (Å²) in [5.41, 5.74) is 1.00. The number of nitrogens with zero attached hydrogens (tertiary/aromatic N) is 2. The predicted molar refractivity (Wildman–Crippen MR) is 79.8 cm³/mol. The van der Waals surface area contributed by atoms with Crippen LogP contribution < -0.4 is 4.90 Å². The van der Waals surface area contributed by atoms with E-state index < -0.39 is 5.97 Å². The summed E-state index contributed by atoms with van der Waals surface area (Å²) in [5.74, 6) is -0.545. The quantitative estimate of drug-likeness (QED) is 0.935. The van der Waals surface area contributed by atoms with Crippen molar-refractivity contribution in [1.29, 1.82) is 0 Å². The van der Waals surface area contributed by atoms with Crippen LogP contribution in [-0.2, 0) is 6.54 Å². The van der Waals surface area contributed by atoms with Gasteiger partial charge in [0.1, 0.15) is 5.82 Å². The molecule has 0 saturated heterocycles. The Morgan fingerprint density at radius 1 is 1.30 bits per heavy atom. The number of hydrogen-bond acceptors (Lipinski definition) is 3. The first kappa shape index (κ1) is 14.6. The molecule has 1 aromatic heterocycles. The molecule has 0 radical (unpaired) electrons. The number of carboxylic acids is 1. The van der Waals surface area contributed by atoms with Crippen molar-refractivity contribution in [3.63, 3.8) is 0 Å². The number of rotatable bonds is 4. The molecule has 2 rings (SSSR count). The van der Waals surface area contributed by atoms with Gasteiger partial charge in [-0.2, -0.15) is 0 Å². The van der Waals surface area contributed by atoms with Crippen LogP contribution in [0.1, 0.15) is 15.9 Å². The van der Waals surface area contributed by atoms with E-state index in [-0.39, 0.29) is 5.56 Å². The summed E-state index contributed by atoms with van der Waals surface area (Å²) in [6.07, 6.45) is 1.28. The highest BCUT2D eigenvalue weighted by Gasteiger charge is 2.13. The Balaban J connectivity index is 2.23. The normalized spacial score (nSPS) is 10.3. The van der Waals surface area contributed by atoms with E-state index >= 15 is 0 Å². The molecule has 0 fully saturated rings. The summed E-state index contributed by atoms with van der Waals surface area (Å²) in [6.45, 7) is 0.527.